The zero-order valence-corrected chi connectivity index (χ0v) is 24.8. The summed E-state index contributed by atoms with van der Waals surface area (Å²) >= 11 is 7.26. The van der Waals surface area contributed by atoms with Crippen molar-refractivity contribution in [2.75, 3.05) is 4.90 Å². The number of ether oxygens (including phenoxy) is 1. The lowest BCUT2D eigenvalue weighted by atomic mass is 9.85. The van der Waals surface area contributed by atoms with Crippen molar-refractivity contribution in [1.29, 1.82) is 0 Å². The number of hydrogen-bond acceptors (Lipinski definition) is 2. The predicted molar refractivity (Wildman–Crippen MR) is 173 cm³/mol. The Bertz CT molecular complexity index is 1810. The number of rotatable bonds is 4. The molecule has 0 aromatic heterocycles. The second-order valence-corrected chi connectivity index (χ2v) is 12.5. The largest absolute Gasteiger partial charge is 0.366 e. The third-order valence-electron chi connectivity index (χ3n) is 8.39. The molecule has 6 aromatic carbocycles. The van der Waals surface area contributed by atoms with Crippen molar-refractivity contribution >= 4 is 70.5 Å². The molecule has 6 aromatic rings. The van der Waals surface area contributed by atoms with Gasteiger partial charge in [0.25, 0.3) is 0 Å². The standard InChI is InChI=1S/C36H25Br2NO/c37-23-10-14-25(15-11-23)39(26-16-12-24(38)13-17-26)36-30-7-3-1-5-28(30)35(29-6-2-4-8-31(29)36)22-9-18-27-32(21-22)34-20-19-33(27)40-34/h1-18,21,33-34H,19-20H2. The van der Waals surface area contributed by atoms with Gasteiger partial charge in [-0.1, -0.05) is 92.5 Å². The van der Waals surface area contributed by atoms with Gasteiger partial charge in [0, 0.05) is 31.1 Å². The van der Waals surface area contributed by atoms with Crippen LogP contribution in [0.5, 0.6) is 0 Å². The van der Waals surface area contributed by atoms with Gasteiger partial charge in [0.15, 0.2) is 0 Å². The van der Waals surface area contributed by atoms with Crippen LogP contribution in [0.3, 0.4) is 0 Å². The minimum absolute atomic E-state index is 0.238. The minimum Gasteiger partial charge on any atom is -0.366 e. The molecule has 4 heteroatoms. The molecule has 0 N–H and O–H groups in total. The van der Waals surface area contributed by atoms with E-state index in [-0.39, 0.29) is 12.2 Å². The van der Waals surface area contributed by atoms with Gasteiger partial charge >= 0.3 is 0 Å². The van der Waals surface area contributed by atoms with Gasteiger partial charge in [-0.3, -0.25) is 0 Å². The molecule has 2 unspecified atom stereocenters. The summed E-state index contributed by atoms with van der Waals surface area (Å²) in [7, 11) is 0. The molecule has 2 aliphatic heterocycles. The van der Waals surface area contributed by atoms with Crippen molar-refractivity contribution < 1.29 is 4.74 Å². The molecule has 2 bridgehead atoms. The van der Waals surface area contributed by atoms with Crippen molar-refractivity contribution in [3.05, 3.63) is 135 Å². The van der Waals surface area contributed by atoms with Crippen LogP contribution < -0.4 is 4.90 Å². The molecule has 8 rings (SSSR count). The Hall–Kier alpha value is -3.44. The smallest absolute Gasteiger partial charge is 0.0838 e. The lowest BCUT2D eigenvalue weighted by Crippen LogP contribution is -2.11. The summed E-state index contributed by atoms with van der Waals surface area (Å²) in [6.45, 7) is 0. The molecule has 0 saturated carbocycles. The zero-order chi connectivity index (χ0) is 26.8. The number of nitrogens with zero attached hydrogens (tertiary/aromatic N) is 1. The normalized spacial score (nSPS) is 17.4. The molecule has 2 atom stereocenters. The highest BCUT2D eigenvalue weighted by atomic mass is 79.9. The Kier molecular flexibility index (Phi) is 5.84. The summed E-state index contributed by atoms with van der Waals surface area (Å²) < 4.78 is 8.38. The Labute approximate surface area is 250 Å². The molecule has 0 amide bonds. The quantitative estimate of drug-likeness (QED) is 0.177. The van der Waals surface area contributed by atoms with E-state index in [4.69, 9.17) is 4.74 Å². The topological polar surface area (TPSA) is 12.5 Å². The van der Waals surface area contributed by atoms with Crippen molar-refractivity contribution in [2.24, 2.45) is 0 Å². The summed E-state index contributed by atoms with van der Waals surface area (Å²) in [5, 5.41) is 4.94. The maximum atomic E-state index is 6.26. The molecule has 40 heavy (non-hydrogen) atoms. The Morgan fingerprint density at radius 1 is 0.550 bits per heavy atom. The number of anilines is 3. The monoisotopic (exact) mass is 645 g/mol. The SMILES string of the molecule is Brc1ccc(N(c2ccc(Br)cc2)c2c3ccccc3c(-c3ccc4c(c3)C3CCC4O3)c3ccccc23)cc1. The summed E-state index contributed by atoms with van der Waals surface area (Å²) in [5.74, 6) is 0. The molecule has 2 nitrogen and oxygen atoms in total. The first-order valence-electron chi connectivity index (χ1n) is 13.7. The van der Waals surface area contributed by atoms with Gasteiger partial charge in [-0.2, -0.15) is 0 Å². The first-order valence-corrected chi connectivity index (χ1v) is 15.3. The van der Waals surface area contributed by atoms with E-state index >= 15 is 0 Å². The first kappa shape index (κ1) is 24.4. The lowest BCUT2D eigenvalue weighted by molar-refractivity contribution is 0.0717. The highest BCUT2D eigenvalue weighted by molar-refractivity contribution is 9.10. The molecule has 2 aliphatic rings. The lowest BCUT2D eigenvalue weighted by Gasteiger charge is -2.29. The van der Waals surface area contributed by atoms with Crippen LogP contribution in [0, 0.1) is 0 Å². The van der Waals surface area contributed by atoms with E-state index in [0.29, 0.717) is 0 Å². The van der Waals surface area contributed by atoms with Crippen molar-refractivity contribution in [3.63, 3.8) is 0 Å². The fourth-order valence-electron chi connectivity index (χ4n) is 6.64. The van der Waals surface area contributed by atoms with E-state index in [0.717, 1.165) is 33.2 Å². The van der Waals surface area contributed by atoms with E-state index in [9.17, 15) is 0 Å². The van der Waals surface area contributed by atoms with Crippen LogP contribution in [-0.2, 0) is 4.74 Å². The van der Waals surface area contributed by atoms with Crippen LogP contribution in [-0.4, -0.2) is 0 Å². The number of fused-ring (bicyclic) bond motifs is 7. The summed E-state index contributed by atoms with van der Waals surface area (Å²) in [6.07, 6.45) is 2.77. The number of benzene rings is 6. The summed E-state index contributed by atoms with van der Waals surface area (Å²) in [4.78, 5) is 2.39. The van der Waals surface area contributed by atoms with Crippen LogP contribution in [0.15, 0.2) is 124 Å². The molecular formula is C36H25Br2NO. The second-order valence-electron chi connectivity index (χ2n) is 10.6. The highest BCUT2D eigenvalue weighted by Crippen LogP contribution is 2.53. The molecule has 1 saturated heterocycles. The minimum atomic E-state index is 0.238. The third kappa shape index (κ3) is 3.85. The highest BCUT2D eigenvalue weighted by Gasteiger charge is 2.38. The maximum Gasteiger partial charge on any atom is 0.0838 e. The van der Waals surface area contributed by atoms with Crippen LogP contribution >= 0.6 is 31.9 Å². The molecular weight excluding hydrogens is 622 g/mol. The maximum absolute atomic E-state index is 6.26. The van der Waals surface area contributed by atoms with Gasteiger partial charge in [-0.25, -0.2) is 0 Å². The molecule has 0 radical (unpaired) electrons. The number of halogens is 2. The molecule has 1 fully saturated rings. The van der Waals surface area contributed by atoms with Crippen molar-refractivity contribution in [1.82, 2.24) is 0 Å². The summed E-state index contributed by atoms with van der Waals surface area (Å²) in [5.41, 5.74) is 8.70. The average molecular weight is 647 g/mol. The fourth-order valence-corrected chi connectivity index (χ4v) is 7.17. The second kappa shape index (κ2) is 9.59. The van der Waals surface area contributed by atoms with Gasteiger partial charge in [0.2, 0.25) is 0 Å². The Morgan fingerprint density at radius 2 is 1.05 bits per heavy atom. The average Bonchev–Trinajstić information content (AvgIpc) is 3.62. The van der Waals surface area contributed by atoms with Crippen LogP contribution in [0.4, 0.5) is 17.1 Å². The van der Waals surface area contributed by atoms with E-state index in [1.807, 2.05) is 0 Å². The van der Waals surface area contributed by atoms with Gasteiger partial charge in [-0.05, 0) is 100 Å². The summed E-state index contributed by atoms with van der Waals surface area (Å²) in [6, 6.07) is 41.9. The van der Waals surface area contributed by atoms with E-state index in [1.165, 1.54) is 49.5 Å². The van der Waals surface area contributed by atoms with Crippen LogP contribution in [0.1, 0.15) is 36.2 Å². The number of hydrogen-bond donors (Lipinski definition) is 0. The molecule has 194 valence electrons. The van der Waals surface area contributed by atoms with Gasteiger partial charge < -0.3 is 9.64 Å². The van der Waals surface area contributed by atoms with Gasteiger partial charge in [0.05, 0.1) is 17.9 Å². The molecule has 0 aliphatic carbocycles. The predicted octanol–water partition coefficient (Wildman–Crippen LogP) is 11.6. The van der Waals surface area contributed by atoms with Crippen molar-refractivity contribution in [2.45, 2.75) is 25.0 Å². The fraction of sp³-hybridized carbons (Fsp3) is 0.111. The van der Waals surface area contributed by atoms with Crippen LogP contribution in [0.2, 0.25) is 0 Å². The Balaban J connectivity index is 1.45. The first-order chi connectivity index (χ1) is 19.7. The van der Waals surface area contributed by atoms with Crippen molar-refractivity contribution in [3.8, 4) is 11.1 Å². The van der Waals surface area contributed by atoms with Gasteiger partial charge in [-0.15, -0.1) is 0 Å². The molecule has 0 spiro atoms. The Morgan fingerprint density at radius 3 is 1.60 bits per heavy atom. The molecule has 2 heterocycles. The van der Waals surface area contributed by atoms with E-state index in [2.05, 4.69) is 152 Å². The van der Waals surface area contributed by atoms with E-state index in [1.54, 1.807) is 0 Å². The van der Waals surface area contributed by atoms with Gasteiger partial charge in [0.1, 0.15) is 0 Å². The van der Waals surface area contributed by atoms with Crippen LogP contribution in [0.25, 0.3) is 32.7 Å². The third-order valence-corrected chi connectivity index (χ3v) is 9.44. The zero-order valence-electron chi connectivity index (χ0n) is 21.6. The van der Waals surface area contributed by atoms with E-state index < -0.39 is 0 Å².